The van der Waals surface area contributed by atoms with E-state index < -0.39 is 6.10 Å². The lowest BCUT2D eigenvalue weighted by Crippen LogP contribution is -2.55. The van der Waals surface area contributed by atoms with E-state index in [-0.39, 0.29) is 16.1 Å². The Labute approximate surface area is 62.5 Å². The molecule has 1 nitrogen and oxygen atoms in total. The van der Waals surface area contributed by atoms with Crippen LogP contribution in [0.15, 0.2) is 0 Å². The van der Waals surface area contributed by atoms with Gasteiger partial charge in [0.1, 0.15) is 0 Å². The summed E-state index contributed by atoms with van der Waals surface area (Å²) in [6, 6.07) is 0. The Bertz CT molecular complexity index is 65.3. The minimum atomic E-state index is -0.624. The van der Waals surface area contributed by atoms with Crippen LogP contribution < -0.4 is 0 Å². The number of halogens is 3. The maximum Gasteiger partial charge on any atom is 0.0897 e. The van der Waals surface area contributed by atoms with Crippen molar-refractivity contribution in [2.75, 3.05) is 0 Å². The van der Waals surface area contributed by atoms with Gasteiger partial charge in [-0.05, 0) is 0 Å². The lowest BCUT2D eigenvalue weighted by atomic mass is 9.94. The molecule has 0 amide bonds. The minimum Gasteiger partial charge on any atom is -0.390 e. The summed E-state index contributed by atoms with van der Waals surface area (Å²) in [5.74, 6) is 0. The highest BCUT2D eigenvalue weighted by Crippen LogP contribution is 2.35. The second-order valence-corrected chi connectivity index (χ2v) is 3.34. The van der Waals surface area contributed by atoms with E-state index in [1.807, 2.05) is 0 Å². The molecule has 1 fully saturated rings. The molecule has 48 valence electrons. The van der Waals surface area contributed by atoms with Crippen molar-refractivity contribution in [3.63, 3.8) is 0 Å². The van der Waals surface area contributed by atoms with Gasteiger partial charge >= 0.3 is 0 Å². The van der Waals surface area contributed by atoms with Gasteiger partial charge in [-0.25, -0.2) is 0 Å². The summed E-state index contributed by atoms with van der Waals surface area (Å²) in [5, 5.41) is 7.81. The molecule has 0 aromatic carbocycles. The summed E-state index contributed by atoms with van der Waals surface area (Å²) in [5.41, 5.74) is 0. The Morgan fingerprint density at radius 1 is 0.875 bits per heavy atom. The highest BCUT2D eigenvalue weighted by molar-refractivity contribution is 6.38. The van der Waals surface area contributed by atoms with E-state index in [4.69, 9.17) is 39.9 Å². The molecule has 1 saturated carbocycles. The maximum atomic E-state index is 8.81. The van der Waals surface area contributed by atoms with E-state index in [1.165, 1.54) is 0 Å². The first-order chi connectivity index (χ1) is 3.64. The molecule has 0 saturated heterocycles. The number of rotatable bonds is 0. The first-order valence-corrected chi connectivity index (χ1v) is 3.56. The van der Waals surface area contributed by atoms with Crippen molar-refractivity contribution < 1.29 is 5.11 Å². The molecule has 0 aromatic rings. The van der Waals surface area contributed by atoms with E-state index in [2.05, 4.69) is 0 Å². The van der Waals surface area contributed by atoms with Crippen molar-refractivity contribution >= 4 is 34.8 Å². The van der Waals surface area contributed by atoms with Crippen LogP contribution in [0.25, 0.3) is 0 Å². The van der Waals surface area contributed by atoms with Crippen molar-refractivity contribution in [1.82, 2.24) is 0 Å². The Morgan fingerprint density at radius 3 is 1.38 bits per heavy atom. The van der Waals surface area contributed by atoms with Crippen molar-refractivity contribution in [2.45, 2.75) is 22.2 Å². The van der Waals surface area contributed by atoms with Gasteiger partial charge in [-0.1, -0.05) is 0 Å². The highest BCUT2D eigenvalue weighted by Gasteiger charge is 2.46. The quantitative estimate of drug-likeness (QED) is 0.548. The Morgan fingerprint density at radius 2 is 1.25 bits per heavy atom. The largest absolute Gasteiger partial charge is 0.390 e. The smallest absolute Gasteiger partial charge is 0.0897 e. The topological polar surface area (TPSA) is 20.2 Å². The van der Waals surface area contributed by atoms with Gasteiger partial charge in [0.2, 0.25) is 0 Å². The zero-order chi connectivity index (χ0) is 6.31. The molecular weight excluding hydrogens is 170 g/mol. The van der Waals surface area contributed by atoms with Crippen LogP contribution >= 0.6 is 34.8 Å². The predicted molar refractivity (Wildman–Crippen MR) is 34.9 cm³/mol. The van der Waals surface area contributed by atoms with E-state index in [9.17, 15) is 0 Å². The molecule has 0 radical (unpaired) electrons. The van der Waals surface area contributed by atoms with E-state index >= 15 is 0 Å². The monoisotopic (exact) mass is 174 g/mol. The number of alkyl halides is 3. The third kappa shape index (κ3) is 0.820. The second-order valence-electron chi connectivity index (χ2n) is 1.82. The summed E-state index contributed by atoms with van der Waals surface area (Å²) in [6.07, 6.45) is -0.624. The second kappa shape index (κ2) is 2.22. The average molecular weight is 175 g/mol. The standard InChI is InChI=1S/C4H5Cl3O/c5-1-2(6)4(8)3(1)7/h1-4,8H. The lowest BCUT2D eigenvalue weighted by Gasteiger charge is -2.38. The third-order valence-corrected chi connectivity index (χ3v) is 3.12. The molecule has 0 aromatic heterocycles. The molecule has 0 spiro atoms. The van der Waals surface area contributed by atoms with Gasteiger partial charge in [-0.3, -0.25) is 0 Å². The van der Waals surface area contributed by atoms with Crippen LogP contribution in [0.5, 0.6) is 0 Å². The molecule has 1 N–H and O–H groups in total. The minimum absolute atomic E-state index is 0.270. The Hall–Kier alpha value is 0.830. The summed E-state index contributed by atoms with van der Waals surface area (Å²) in [7, 11) is 0. The summed E-state index contributed by atoms with van der Waals surface area (Å²) < 4.78 is 0. The molecule has 0 heterocycles. The van der Waals surface area contributed by atoms with Gasteiger partial charge in [-0.2, -0.15) is 0 Å². The molecule has 2 unspecified atom stereocenters. The predicted octanol–water partition coefficient (Wildman–Crippen LogP) is 1.18. The van der Waals surface area contributed by atoms with Crippen molar-refractivity contribution in [3.8, 4) is 0 Å². The highest BCUT2D eigenvalue weighted by atomic mass is 35.5. The van der Waals surface area contributed by atoms with Crippen LogP contribution in [0.4, 0.5) is 0 Å². The Balaban J connectivity index is 2.42. The van der Waals surface area contributed by atoms with Gasteiger partial charge in [-0.15, -0.1) is 34.8 Å². The van der Waals surface area contributed by atoms with Crippen molar-refractivity contribution in [3.05, 3.63) is 0 Å². The molecule has 0 bridgehead atoms. The van der Waals surface area contributed by atoms with Crippen LogP contribution in [0.3, 0.4) is 0 Å². The molecule has 4 heteroatoms. The zero-order valence-electron chi connectivity index (χ0n) is 3.89. The molecule has 8 heavy (non-hydrogen) atoms. The van der Waals surface area contributed by atoms with Crippen molar-refractivity contribution in [2.24, 2.45) is 0 Å². The van der Waals surface area contributed by atoms with Gasteiger partial charge in [0.25, 0.3) is 0 Å². The molecule has 1 aliphatic rings. The van der Waals surface area contributed by atoms with E-state index in [1.54, 1.807) is 0 Å². The van der Waals surface area contributed by atoms with E-state index in [0.717, 1.165) is 0 Å². The first kappa shape index (κ1) is 6.94. The van der Waals surface area contributed by atoms with Crippen LogP contribution in [0.1, 0.15) is 0 Å². The molecule has 0 aliphatic heterocycles. The summed E-state index contributed by atoms with van der Waals surface area (Å²) in [6.45, 7) is 0. The van der Waals surface area contributed by atoms with Gasteiger partial charge in [0.05, 0.1) is 22.2 Å². The number of aliphatic hydroxyl groups excluding tert-OH is 1. The van der Waals surface area contributed by atoms with Gasteiger partial charge in [0.15, 0.2) is 0 Å². The van der Waals surface area contributed by atoms with Crippen LogP contribution in [0, 0.1) is 0 Å². The van der Waals surface area contributed by atoms with E-state index in [0.29, 0.717) is 0 Å². The normalized spacial score (nSPS) is 55.5. The average Bonchev–Trinajstić information content (AvgIpc) is 1.83. The lowest BCUT2D eigenvalue weighted by molar-refractivity contribution is 0.109. The van der Waals surface area contributed by atoms with Crippen LogP contribution in [-0.2, 0) is 0 Å². The molecule has 1 aliphatic carbocycles. The van der Waals surface area contributed by atoms with Gasteiger partial charge < -0.3 is 5.11 Å². The fourth-order valence-electron chi connectivity index (χ4n) is 0.583. The maximum absolute atomic E-state index is 8.81. The molecule has 2 atom stereocenters. The SMILES string of the molecule is OC1C(Cl)C(Cl)C1Cl. The van der Waals surface area contributed by atoms with Crippen LogP contribution in [-0.4, -0.2) is 27.3 Å². The summed E-state index contributed by atoms with van der Waals surface area (Å²) in [4.78, 5) is 0. The number of hydrogen-bond donors (Lipinski definition) is 1. The fraction of sp³-hybridized carbons (Fsp3) is 1.00. The fourth-order valence-corrected chi connectivity index (χ4v) is 1.66. The molecule has 1 rings (SSSR count). The first-order valence-electron chi connectivity index (χ1n) is 2.25. The van der Waals surface area contributed by atoms with Crippen molar-refractivity contribution in [1.29, 1.82) is 0 Å². The number of hydrogen-bond acceptors (Lipinski definition) is 1. The Kier molecular flexibility index (Phi) is 1.93. The third-order valence-electron chi connectivity index (χ3n) is 1.26. The van der Waals surface area contributed by atoms with Crippen LogP contribution in [0.2, 0.25) is 0 Å². The zero-order valence-corrected chi connectivity index (χ0v) is 6.16. The molecular formula is C4H5Cl3O. The number of aliphatic hydroxyl groups is 1. The van der Waals surface area contributed by atoms with Gasteiger partial charge in [0, 0.05) is 0 Å². The summed E-state index contributed by atoms with van der Waals surface area (Å²) >= 11 is 16.5.